The number of hydrogen-bond acceptors (Lipinski definition) is 9. The molecule has 388 valence electrons. The lowest BCUT2D eigenvalue weighted by atomic mass is 9.81. The molecule has 13 heteroatoms. The number of rotatable bonds is 8. The number of carbonyl (C=O) groups excluding carboxylic acids is 8. The summed E-state index contributed by atoms with van der Waals surface area (Å²) in [5.74, 6) is -2.91. The molecule has 2 fully saturated rings. The van der Waals surface area contributed by atoms with E-state index in [9.17, 15) is 38.4 Å². The zero-order valence-electron chi connectivity index (χ0n) is 43.5. The van der Waals surface area contributed by atoms with Crippen LogP contribution in [0, 0.1) is 0 Å². The van der Waals surface area contributed by atoms with E-state index in [-0.39, 0.29) is 48.9 Å². The molecule has 6 aliphatic rings. The molecule has 2 unspecified atom stereocenters. The van der Waals surface area contributed by atoms with E-state index in [0.717, 1.165) is 129 Å². The molecule has 79 heavy (non-hydrogen) atoms. The summed E-state index contributed by atoms with van der Waals surface area (Å²) in [7, 11) is 0. The van der Waals surface area contributed by atoms with E-state index >= 15 is 0 Å². The fourth-order valence-corrected chi connectivity index (χ4v) is 15.3. The van der Waals surface area contributed by atoms with Gasteiger partial charge in [-0.1, -0.05) is 87.1 Å². The number of imide groups is 4. The molecule has 4 aliphatic heterocycles. The molecule has 2 atom stereocenters. The Balaban J connectivity index is 0.670. The normalized spacial score (nSPS) is 19.1. The van der Waals surface area contributed by atoms with Crippen molar-refractivity contribution in [2.24, 2.45) is 0 Å². The lowest BCUT2D eigenvalue weighted by Crippen LogP contribution is -2.49. The van der Waals surface area contributed by atoms with E-state index in [1.54, 1.807) is 38.1 Å². The van der Waals surface area contributed by atoms with Crippen LogP contribution in [0.1, 0.15) is 161 Å². The molecule has 2 saturated carbocycles. The summed E-state index contributed by atoms with van der Waals surface area (Å²) in [6, 6.07) is 27.9. The van der Waals surface area contributed by atoms with Crippen molar-refractivity contribution in [3.05, 3.63) is 142 Å². The summed E-state index contributed by atoms with van der Waals surface area (Å²) >= 11 is 0. The van der Waals surface area contributed by atoms with Gasteiger partial charge in [-0.3, -0.25) is 58.0 Å². The minimum atomic E-state index is -0.729. The first-order chi connectivity index (χ1) is 38.4. The molecule has 0 bridgehead atoms. The summed E-state index contributed by atoms with van der Waals surface area (Å²) in [6.07, 6.45) is 9.38. The standard InChI is InChI=1S/C66H50N4O9/c1-31(67-59(71)43-21-13-35-39-17-25-47-57-48(64(76)69(63(47)75)33-9-5-3-6-10-33)26-18-40(53(39)57)36-14-22-44(60(67)72)55(43)51(35)36)29-79-30-32(2)68-61(73)45-23-15-37-41-19-27-49-58-50(66(78)70(65(49)77)34-11-7-4-8-12-34)28-20-42(54(41)58)38-16-24-46(62(68)74)56(45)52(37)38/h13-28,31-34H,3-12,29-30H2,1-2H3. The Morgan fingerprint density at radius 1 is 0.316 bits per heavy atom. The maximum atomic E-state index is 14.6. The molecule has 16 rings (SSSR count). The molecule has 2 aliphatic carbocycles. The fourth-order valence-electron chi connectivity index (χ4n) is 15.3. The van der Waals surface area contributed by atoms with Crippen molar-refractivity contribution in [1.29, 1.82) is 0 Å². The predicted molar refractivity (Wildman–Crippen MR) is 301 cm³/mol. The number of hydrogen-bond donors (Lipinski definition) is 0. The Kier molecular flexibility index (Phi) is 9.66. The van der Waals surface area contributed by atoms with Gasteiger partial charge in [0.05, 0.1) is 25.3 Å². The quantitative estimate of drug-likeness (QED) is 0.0820. The first kappa shape index (κ1) is 46.4. The molecule has 4 heterocycles. The van der Waals surface area contributed by atoms with Gasteiger partial charge >= 0.3 is 0 Å². The number of benzene rings is 10. The zero-order valence-corrected chi connectivity index (χ0v) is 43.5. The number of carbonyl (C=O) groups is 8. The van der Waals surface area contributed by atoms with Crippen LogP contribution < -0.4 is 0 Å². The molecule has 13 nitrogen and oxygen atoms in total. The molecule has 0 aromatic heterocycles. The van der Waals surface area contributed by atoms with Gasteiger partial charge in [0.2, 0.25) is 0 Å². The maximum absolute atomic E-state index is 14.6. The lowest BCUT2D eigenvalue weighted by Gasteiger charge is -2.36. The van der Waals surface area contributed by atoms with Crippen LogP contribution >= 0.6 is 0 Å². The van der Waals surface area contributed by atoms with Gasteiger partial charge in [0.25, 0.3) is 47.3 Å². The molecule has 0 N–H and O–H groups in total. The highest BCUT2D eigenvalue weighted by Gasteiger charge is 2.43. The Morgan fingerprint density at radius 3 is 0.759 bits per heavy atom. The van der Waals surface area contributed by atoms with Gasteiger partial charge in [-0.15, -0.1) is 0 Å². The van der Waals surface area contributed by atoms with Crippen molar-refractivity contribution in [3.63, 3.8) is 0 Å². The maximum Gasteiger partial charge on any atom is 0.261 e. The molecule has 0 saturated heterocycles. The van der Waals surface area contributed by atoms with Crippen molar-refractivity contribution in [2.75, 3.05) is 13.2 Å². The number of ether oxygens (including phenoxy) is 1. The van der Waals surface area contributed by atoms with E-state index in [1.807, 2.05) is 72.8 Å². The van der Waals surface area contributed by atoms with Gasteiger partial charge in [-0.25, -0.2) is 0 Å². The van der Waals surface area contributed by atoms with Crippen LogP contribution in [-0.4, -0.2) is 104 Å². The first-order valence-corrected chi connectivity index (χ1v) is 27.9. The molecular weight excluding hydrogens is 993 g/mol. The topological polar surface area (TPSA) is 159 Å². The summed E-state index contributed by atoms with van der Waals surface area (Å²) in [5.41, 5.74) is 3.53. The van der Waals surface area contributed by atoms with Gasteiger partial charge in [-0.05, 0) is 153 Å². The Morgan fingerprint density at radius 2 is 0.532 bits per heavy atom. The van der Waals surface area contributed by atoms with Crippen molar-refractivity contribution < 1.29 is 43.1 Å². The van der Waals surface area contributed by atoms with Gasteiger partial charge in [0.1, 0.15) is 0 Å². The first-order valence-electron chi connectivity index (χ1n) is 27.9. The minimum Gasteiger partial charge on any atom is -0.377 e. The second-order valence-corrected chi connectivity index (χ2v) is 23.0. The summed E-state index contributed by atoms with van der Waals surface area (Å²) in [5, 5.41) is 12.1. The van der Waals surface area contributed by atoms with Gasteiger partial charge in [-0.2, -0.15) is 0 Å². The van der Waals surface area contributed by atoms with Gasteiger partial charge in [0.15, 0.2) is 0 Å². The van der Waals surface area contributed by atoms with E-state index < -0.39 is 35.7 Å². The highest BCUT2D eigenvalue weighted by molar-refractivity contribution is 6.43. The molecular formula is C66H50N4O9. The Bertz CT molecular complexity index is 4040. The van der Waals surface area contributed by atoms with Crippen LogP contribution in [0.15, 0.2) is 97.1 Å². The van der Waals surface area contributed by atoms with Gasteiger partial charge in [0, 0.05) is 78.1 Å². The van der Waals surface area contributed by atoms with E-state index in [4.69, 9.17) is 4.74 Å². The van der Waals surface area contributed by atoms with Crippen molar-refractivity contribution in [1.82, 2.24) is 19.6 Å². The number of amides is 8. The minimum absolute atomic E-state index is 0.0641. The molecule has 10 aromatic rings. The highest BCUT2D eigenvalue weighted by atomic mass is 16.5. The molecule has 8 amide bonds. The fraction of sp³-hybridized carbons (Fsp3) is 0.273. The average molecular weight is 1040 g/mol. The van der Waals surface area contributed by atoms with Crippen molar-refractivity contribution in [3.8, 4) is 0 Å². The second-order valence-electron chi connectivity index (χ2n) is 23.0. The largest absolute Gasteiger partial charge is 0.377 e. The van der Waals surface area contributed by atoms with Crippen LogP contribution in [0.2, 0.25) is 0 Å². The Labute approximate surface area is 451 Å². The predicted octanol–water partition coefficient (Wildman–Crippen LogP) is 12.3. The summed E-state index contributed by atoms with van der Waals surface area (Å²) in [6.45, 7) is 3.35. The molecule has 0 radical (unpaired) electrons. The monoisotopic (exact) mass is 1040 g/mol. The van der Waals surface area contributed by atoms with Crippen LogP contribution in [0.5, 0.6) is 0 Å². The van der Waals surface area contributed by atoms with E-state index in [0.29, 0.717) is 66.1 Å². The second kappa shape index (κ2) is 16.4. The van der Waals surface area contributed by atoms with E-state index in [1.165, 1.54) is 19.6 Å². The summed E-state index contributed by atoms with van der Waals surface area (Å²) < 4.78 is 6.24. The number of fused-ring (bicyclic) bond motifs is 4. The van der Waals surface area contributed by atoms with Crippen LogP contribution in [-0.2, 0) is 4.74 Å². The van der Waals surface area contributed by atoms with Crippen LogP contribution in [0.4, 0.5) is 0 Å². The smallest absolute Gasteiger partial charge is 0.261 e. The third kappa shape index (κ3) is 5.97. The van der Waals surface area contributed by atoms with Crippen LogP contribution in [0.3, 0.4) is 0 Å². The molecule has 10 aromatic carbocycles. The van der Waals surface area contributed by atoms with E-state index in [2.05, 4.69) is 0 Å². The van der Waals surface area contributed by atoms with Crippen LogP contribution in [0.25, 0.3) is 86.2 Å². The summed E-state index contributed by atoms with van der Waals surface area (Å²) in [4.78, 5) is 120. The number of nitrogens with zero attached hydrogens (tertiary/aromatic N) is 4. The van der Waals surface area contributed by atoms with Crippen molar-refractivity contribution in [2.45, 2.75) is 102 Å². The highest BCUT2D eigenvalue weighted by Crippen LogP contribution is 2.49. The Hall–Kier alpha value is -8.68. The third-order valence-corrected chi connectivity index (χ3v) is 18.9. The SMILES string of the molecule is CC(COCC(C)N1C(=O)c2ccc3c4ccc5c6c(ccc(c7ccc(c2c37)C1=O)c64)C(=O)N(C1CCCCC1)C5=O)N1C(=O)c2ccc3c4ccc5c6c(ccc(c7ccc(c2c37)C1=O)c64)C(=O)N(C1CCCCC1)C5=O. The zero-order chi connectivity index (χ0) is 53.6. The molecule has 0 spiro atoms. The lowest BCUT2D eigenvalue weighted by molar-refractivity contribution is 0.0235. The van der Waals surface area contributed by atoms with Crippen molar-refractivity contribution >= 4 is 133 Å². The third-order valence-electron chi connectivity index (χ3n) is 18.9. The van der Waals surface area contributed by atoms with Gasteiger partial charge < -0.3 is 4.74 Å². The average Bonchev–Trinajstić information content (AvgIpc) is 3.63.